The molecule has 16 heavy (non-hydrogen) atoms. The summed E-state index contributed by atoms with van der Waals surface area (Å²) in [6.45, 7) is 9.74. The number of likely N-dealkylation sites (N-methyl/N-ethyl adjacent to an activating group) is 1. The van der Waals surface area contributed by atoms with Gasteiger partial charge in [-0.2, -0.15) is 0 Å². The maximum absolute atomic E-state index is 11.8. The van der Waals surface area contributed by atoms with E-state index in [-0.39, 0.29) is 5.91 Å². The lowest BCUT2D eigenvalue weighted by atomic mass is 9.96. The third-order valence-electron chi connectivity index (χ3n) is 3.52. The summed E-state index contributed by atoms with van der Waals surface area (Å²) in [6, 6.07) is 0. The minimum Gasteiger partial charge on any atom is -0.353 e. The molecule has 1 aliphatic carbocycles. The Hall–Kier alpha value is -0.610. The van der Waals surface area contributed by atoms with E-state index in [2.05, 4.69) is 24.1 Å². The molecule has 0 aromatic rings. The molecule has 1 saturated carbocycles. The molecule has 1 amide bonds. The number of nitrogens with two attached hydrogens (primary N) is 1. The number of hydrogen-bond acceptors (Lipinski definition) is 3. The molecule has 94 valence electrons. The summed E-state index contributed by atoms with van der Waals surface area (Å²) < 4.78 is 0. The molecule has 1 unspecified atom stereocenters. The Morgan fingerprint density at radius 2 is 2.00 bits per heavy atom. The van der Waals surface area contributed by atoms with Crippen molar-refractivity contribution in [3.05, 3.63) is 0 Å². The molecule has 0 radical (unpaired) electrons. The molecule has 1 fully saturated rings. The Balaban J connectivity index is 2.24. The largest absolute Gasteiger partial charge is 0.353 e. The quantitative estimate of drug-likeness (QED) is 0.668. The van der Waals surface area contributed by atoms with Gasteiger partial charge in [-0.05, 0) is 38.8 Å². The Bertz CT molecular complexity index is 232. The standard InChI is InChI=1S/C12H25N3O/c1-4-15(5-2)9-8-14-11(16)12(3,13)10-6-7-10/h10H,4-9,13H2,1-3H3,(H,14,16). The Labute approximate surface area is 98.6 Å². The fourth-order valence-electron chi connectivity index (χ4n) is 1.93. The van der Waals surface area contributed by atoms with E-state index in [1.165, 1.54) is 0 Å². The van der Waals surface area contributed by atoms with E-state index < -0.39 is 5.54 Å². The molecule has 1 atom stereocenters. The minimum absolute atomic E-state index is 0.00200. The van der Waals surface area contributed by atoms with Crippen LogP contribution in [0.2, 0.25) is 0 Å². The predicted octanol–water partition coefficient (Wildman–Crippen LogP) is 0.572. The second-order valence-electron chi connectivity index (χ2n) is 4.84. The summed E-state index contributed by atoms with van der Waals surface area (Å²) >= 11 is 0. The van der Waals surface area contributed by atoms with Gasteiger partial charge >= 0.3 is 0 Å². The van der Waals surface area contributed by atoms with Crippen molar-refractivity contribution < 1.29 is 4.79 Å². The van der Waals surface area contributed by atoms with E-state index in [1.807, 2.05) is 6.92 Å². The van der Waals surface area contributed by atoms with Crippen molar-refractivity contribution >= 4 is 5.91 Å². The van der Waals surface area contributed by atoms with Gasteiger partial charge in [0.2, 0.25) is 5.91 Å². The number of nitrogens with zero attached hydrogens (tertiary/aromatic N) is 1. The van der Waals surface area contributed by atoms with Gasteiger partial charge in [-0.1, -0.05) is 13.8 Å². The van der Waals surface area contributed by atoms with E-state index in [4.69, 9.17) is 5.73 Å². The number of hydrogen-bond donors (Lipinski definition) is 2. The lowest BCUT2D eigenvalue weighted by Gasteiger charge is -2.24. The van der Waals surface area contributed by atoms with Crippen LogP contribution in [0, 0.1) is 5.92 Å². The van der Waals surface area contributed by atoms with Gasteiger partial charge in [0.25, 0.3) is 0 Å². The van der Waals surface area contributed by atoms with E-state index in [0.29, 0.717) is 12.5 Å². The van der Waals surface area contributed by atoms with Crippen molar-refractivity contribution in [1.82, 2.24) is 10.2 Å². The fraction of sp³-hybridized carbons (Fsp3) is 0.917. The Kier molecular flexibility index (Phi) is 4.74. The molecule has 4 nitrogen and oxygen atoms in total. The van der Waals surface area contributed by atoms with Crippen LogP contribution in [-0.2, 0) is 4.79 Å². The van der Waals surface area contributed by atoms with Gasteiger partial charge in [0, 0.05) is 13.1 Å². The zero-order chi connectivity index (χ0) is 12.2. The lowest BCUT2D eigenvalue weighted by molar-refractivity contribution is -0.126. The number of amides is 1. The van der Waals surface area contributed by atoms with Crippen LogP contribution in [-0.4, -0.2) is 42.5 Å². The molecular formula is C12H25N3O. The third kappa shape index (κ3) is 3.46. The molecule has 0 spiro atoms. The average Bonchev–Trinajstić information content (AvgIpc) is 3.07. The monoisotopic (exact) mass is 227 g/mol. The molecular weight excluding hydrogens is 202 g/mol. The Morgan fingerprint density at radius 3 is 2.44 bits per heavy atom. The minimum atomic E-state index is -0.663. The molecule has 0 aromatic heterocycles. The summed E-state index contributed by atoms with van der Waals surface area (Å²) in [7, 11) is 0. The van der Waals surface area contributed by atoms with E-state index in [1.54, 1.807) is 0 Å². The highest BCUT2D eigenvalue weighted by Crippen LogP contribution is 2.37. The number of carbonyl (C=O) groups is 1. The van der Waals surface area contributed by atoms with Crippen LogP contribution in [0.25, 0.3) is 0 Å². The van der Waals surface area contributed by atoms with Gasteiger partial charge in [0.05, 0.1) is 5.54 Å². The summed E-state index contributed by atoms with van der Waals surface area (Å²) in [5.74, 6) is 0.392. The van der Waals surface area contributed by atoms with Gasteiger partial charge in [0.1, 0.15) is 0 Å². The lowest BCUT2D eigenvalue weighted by Crippen LogP contribution is -2.54. The van der Waals surface area contributed by atoms with Gasteiger partial charge < -0.3 is 16.0 Å². The summed E-state index contributed by atoms with van der Waals surface area (Å²) in [6.07, 6.45) is 2.19. The van der Waals surface area contributed by atoms with Crippen molar-refractivity contribution in [3.8, 4) is 0 Å². The molecule has 0 aliphatic heterocycles. The van der Waals surface area contributed by atoms with Crippen LogP contribution in [0.4, 0.5) is 0 Å². The van der Waals surface area contributed by atoms with Crippen LogP contribution in [0.3, 0.4) is 0 Å². The van der Waals surface area contributed by atoms with Crippen molar-refractivity contribution in [3.63, 3.8) is 0 Å². The first-order valence-electron chi connectivity index (χ1n) is 6.31. The first kappa shape index (κ1) is 13.5. The third-order valence-corrected chi connectivity index (χ3v) is 3.52. The van der Waals surface area contributed by atoms with Crippen LogP contribution in [0.1, 0.15) is 33.6 Å². The molecule has 0 saturated heterocycles. The molecule has 0 aromatic carbocycles. The SMILES string of the molecule is CCN(CC)CCNC(=O)C(C)(N)C1CC1. The van der Waals surface area contributed by atoms with Gasteiger partial charge in [-0.25, -0.2) is 0 Å². The highest BCUT2D eigenvalue weighted by molar-refractivity contribution is 5.86. The fourth-order valence-corrected chi connectivity index (χ4v) is 1.93. The number of rotatable bonds is 7. The number of nitrogens with one attached hydrogen (secondary N) is 1. The number of carbonyl (C=O) groups excluding carboxylic acids is 1. The average molecular weight is 227 g/mol. The maximum Gasteiger partial charge on any atom is 0.240 e. The molecule has 0 bridgehead atoms. The molecule has 3 N–H and O–H groups in total. The van der Waals surface area contributed by atoms with Gasteiger partial charge in [-0.15, -0.1) is 0 Å². The molecule has 4 heteroatoms. The van der Waals surface area contributed by atoms with Crippen molar-refractivity contribution in [2.75, 3.05) is 26.2 Å². The van der Waals surface area contributed by atoms with Gasteiger partial charge in [0.15, 0.2) is 0 Å². The van der Waals surface area contributed by atoms with Gasteiger partial charge in [-0.3, -0.25) is 4.79 Å². The highest BCUT2D eigenvalue weighted by atomic mass is 16.2. The second kappa shape index (κ2) is 5.64. The zero-order valence-electron chi connectivity index (χ0n) is 10.8. The van der Waals surface area contributed by atoms with Crippen LogP contribution in [0.15, 0.2) is 0 Å². The van der Waals surface area contributed by atoms with Crippen molar-refractivity contribution in [2.45, 2.75) is 39.2 Å². The second-order valence-corrected chi connectivity index (χ2v) is 4.84. The van der Waals surface area contributed by atoms with E-state index in [9.17, 15) is 4.79 Å². The summed E-state index contributed by atoms with van der Waals surface area (Å²) in [5, 5.41) is 2.94. The van der Waals surface area contributed by atoms with Crippen molar-refractivity contribution in [2.24, 2.45) is 11.7 Å². The molecule has 1 rings (SSSR count). The van der Waals surface area contributed by atoms with Crippen LogP contribution >= 0.6 is 0 Å². The molecule has 0 heterocycles. The topological polar surface area (TPSA) is 58.4 Å². The smallest absolute Gasteiger partial charge is 0.240 e. The predicted molar refractivity (Wildman–Crippen MR) is 66.1 cm³/mol. The zero-order valence-corrected chi connectivity index (χ0v) is 10.8. The van der Waals surface area contributed by atoms with Crippen LogP contribution < -0.4 is 11.1 Å². The first-order chi connectivity index (χ1) is 7.52. The molecule has 1 aliphatic rings. The van der Waals surface area contributed by atoms with E-state index >= 15 is 0 Å². The first-order valence-corrected chi connectivity index (χ1v) is 6.31. The Morgan fingerprint density at radius 1 is 1.44 bits per heavy atom. The summed E-state index contributed by atoms with van der Waals surface area (Å²) in [4.78, 5) is 14.1. The summed E-state index contributed by atoms with van der Waals surface area (Å²) in [5.41, 5.74) is 5.36. The van der Waals surface area contributed by atoms with Crippen molar-refractivity contribution in [1.29, 1.82) is 0 Å². The normalized spacial score (nSPS) is 19.6. The maximum atomic E-state index is 11.8. The van der Waals surface area contributed by atoms with E-state index in [0.717, 1.165) is 32.5 Å². The van der Waals surface area contributed by atoms with Crippen LogP contribution in [0.5, 0.6) is 0 Å². The highest BCUT2D eigenvalue weighted by Gasteiger charge is 2.43.